The first-order chi connectivity index (χ1) is 7.35. The van der Waals surface area contributed by atoms with Crippen molar-refractivity contribution in [1.82, 2.24) is 0 Å². The lowest BCUT2D eigenvalue weighted by Gasteiger charge is -2.14. The van der Waals surface area contributed by atoms with Gasteiger partial charge in [0.15, 0.2) is 0 Å². The summed E-state index contributed by atoms with van der Waals surface area (Å²) in [6, 6.07) is 7.03. The van der Waals surface area contributed by atoms with Gasteiger partial charge in [-0.15, -0.1) is 0 Å². The average molecular weight is 283 g/mol. The van der Waals surface area contributed by atoms with Crippen LogP contribution in [-0.4, -0.2) is 4.92 Å². The Bertz CT molecular complexity index is 464. The van der Waals surface area contributed by atoms with E-state index >= 15 is 0 Å². The highest BCUT2D eigenvalue weighted by Gasteiger charge is 2.23. The number of hydrogen-bond acceptors (Lipinski definition) is 3. The van der Waals surface area contributed by atoms with Gasteiger partial charge >= 0.3 is 0 Å². The molecule has 0 amide bonds. The van der Waals surface area contributed by atoms with Crippen LogP contribution in [0.25, 0.3) is 0 Å². The molecule has 0 unspecified atom stereocenters. The van der Waals surface area contributed by atoms with Crippen molar-refractivity contribution in [3.05, 3.63) is 38.3 Å². The van der Waals surface area contributed by atoms with Crippen LogP contribution >= 0.6 is 15.9 Å². The van der Waals surface area contributed by atoms with Gasteiger partial charge in [-0.2, -0.15) is 5.26 Å². The van der Waals surface area contributed by atoms with Gasteiger partial charge in [-0.3, -0.25) is 10.1 Å². The molecule has 1 aromatic carbocycles. The maximum absolute atomic E-state index is 10.8. The highest BCUT2D eigenvalue weighted by molar-refractivity contribution is 9.10. The van der Waals surface area contributed by atoms with Gasteiger partial charge in [0.25, 0.3) is 5.69 Å². The molecule has 0 heterocycles. The second-order valence-electron chi connectivity index (χ2n) is 4.20. The molecular formula is C11H11BrN2O2. The Balaban J connectivity index is 3.15. The summed E-state index contributed by atoms with van der Waals surface area (Å²) >= 11 is 3.19. The van der Waals surface area contributed by atoms with Crippen molar-refractivity contribution in [2.45, 2.75) is 20.3 Å². The minimum atomic E-state index is -0.599. The lowest BCUT2D eigenvalue weighted by atomic mass is 9.87. The molecule has 16 heavy (non-hydrogen) atoms. The largest absolute Gasteiger partial charge is 0.273 e. The Kier molecular flexibility index (Phi) is 3.66. The van der Waals surface area contributed by atoms with Crippen molar-refractivity contribution in [2.24, 2.45) is 5.41 Å². The van der Waals surface area contributed by atoms with Crippen molar-refractivity contribution in [3.63, 3.8) is 0 Å². The summed E-state index contributed by atoms with van der Waals surface area (Å²) in [6.45, 7) is 3.53. The second kappa shape index (κ2) is 4.62. The van der Waals surface area contributed by atoms with Crippen molar-refractivity contribution in [2.75, 3.05) is 0 Å². The highest BCUT2D eigenvalue weighted by Crippen LogP contribution is 2.29. The molecule has 84 valence electrons. The van der Waals surface area contributed by atoms with Crippen molar-refractivity contribution >= 4 is 21.6 Å². The summed E-state index contributed by atoms with van der Waals surface area (Å²) in [4.78, 5) is 10.4. The van der Waals surface area contributed by atoms with E-state index in [0.29, 0.717) is 16.5 Å². The summed E-state index contributed by atoms with van der Waals surface area (Å²) in [7, 11) is 0. The number of halogens is 1. The lowest BCUT2D eigenvalue weighted by Crippen LogP contribution is -2.13. The molecule has 4 nitrogen and oxygen atoms in total. The molecule has 0 N–H and O–H groups in total. The molecule has 1 rings (SSSR count). The summed E-state index contributed by atoms with van der Waals surface area (Å²) in [5, 5.41) is 19.8. The monoisotopic (exact) mass is 282 g/mol. The lowest BCUT2D eigenvalue weighted by molar-refractivity contribution is -0.385. The van der Waals surface area contributed by atoms with Gasteiger partial charge in [0.05, 0.1) is 16.4 Å². The Morgan fingerprint density at radius 3 is 2.69 bits per heavy atom. The van der Waals surface area contributed by atoms with Gasteiger partial charge in [0.2, 0.25) is 0 Å². The molecule has 0 aromatic heterocycles. The van der Waals surface area contributed by atoms with Crippen LogP contribution in [0.15, 0.2) is 22.7 Å². The predicted molar refractivity (Wildman–Crippen MR) is 63.9 cm³/mol. The third-order valence-electron chi connectivity index (χ3n) is 2.18. The highest BCUT2D eigenvalue weighted by atomic mass is 79.9. The number of nitrogens with zero attached hydrogens (tertiary/aromatic N) is 2. The average Bonchev–Trinajstić information content (AvgIpc) is 2.20. The molecule has 0 fully saturated rings. The molecule has 1 aromatic rings. The quantitative estimate of drug-likeness (QED) is 0.630. The zero-order valence-corrected chi connectivity index (χ0v) is 10.6. The van der Waals surface area contributed by atoms with Crippen LogP contribution in [0.2, 0.25) is 0 Å². The molecule has 0 atom stereocenters. The standard InChI is InChI=1S/C11H11BrN2O2/c1-11(2,7-13)6-8-3-4-9(12)5-10(8)14(15)16/h3-5H,6H2,1-2H3. The van der Waals surface area contributed by atoms with Crippen molar-refractivity contribution in [1.29, 1.82) is 5.26 Å². The Hall–Kier alpha value is -1.41. The van der Waals surface area contributed by atoms with Gasteiger partial charge in [-0.25, -0.2) is 0 Å². The van der Waals surface area contributed by atoms with Crippen LogP contribution in [0.4, 0.5) is 5.69 Å². The third kappa shape index (κ3) is 3.04. The first-order valence-electron chi connectivity index (χ1n) is 4.70. The van der Waals surface area contributed by atoms with Crippen LogP contribution in [0.3, 0.4) is 0 Å². The minimum Gasteiger partial charge on any atom is -0.258 e. The smallest absolute Gasteiger partial charge is 0.258 e. The number of hydrogen-bond donors (Lipinski definition) is 0. The van der Waals surface area contributed by atoms with Crippen LogP contribution in [-0.2, 0) is 6.42 Å². The molecule has 0 spiro atoms. The van der Waals surface area contributed by atoms with E-state index in [9.17, 15) is 10.1 Å². The van der Waals surface area contributed by atoms with E-state index in [1.807, 2.05) is 0 Å². The van der Waals surface area contributed by atoms with E-state index in [4.69, 9.17) is 5.26 Å². The summed E-state index contributed by atoms with van der Waals surface area (Å²) < 4.78 is 0.665. The van der Waals surface area contributed by atoms with Crippen LogP contribution < -0.4 is 0 Å². The van der Waals surface area contributed by atoms with Crippen molar-refractivity contribution in [3.8, 4) is 6.07 Å². The molecule has 0 aliphatic rings. The second-order valence-corrected chi connectivity index (χ2v) is 5.12. The zero-order chi connectivity index (χ0) is 12.3. The maximum Gasteiger partial charge on any atom is 0.273 e. The fraction of sp³-hybridized carbons (Fsp3) is 0.364. The van der Waals surface area contributed by atoms with Gasteiger partial charge in [-0.05, 0) is 26.3 Å². The summed E-state index contributed by atoms with van der Waals surface area (Å²) in [5.74, 6) is 0. The topological polar surface area (TPSA) is 66.9 Å². The van der Waals surface area contributed by atoms with Crippen molar-refractivity contribution < 1.29 is 4.92 Å². The maximum atomic E-state index is 10.8. The molecule has 0 aliphatic carbocycles. The molecule has 0 saturated heterocycles. The molecule has 5 heteroatoms. The van der Waals surface area contributed by atoms with Gasteiger partial charge in [-0.1, -0.05) is 22.0 Å². The van der Waals surface area contributed by atoms with Crippen LogP contribution in [0.5, 0.6) is 0 Å². The van der Waals surface area contributed by atoms with E-state index in [2.05, 4.69) is 22.0 Å². The van der Waals surface area contributed by atoms with Gasteiger partial charge in [0.1, 0.15) is 0 Å². The first-order valence-corrected chi connectivity index (χ1v) is 5.49. The summed E-state index contributed by atoms with van der Waals surface area (Å²) in [5.41, 5.74) is 0.0379. The van der Waals surface area contributed by atoms with E-state index in [0.717, 1.165) is 0 Å². The van der Waals surface area contributed by atoms with E-state index in [1.165, 1.54) is 6.07 Å². The summed E-state index contributed by atoms with van der Waals surface area (Å²) in [6.07, 6.45) is 0.368. The zero-order valence-electron chi connectivity index (χ0n) is 9.03. The number of benzene rings is 1. The van der Waals surface area contributed by atoms with Gasteiger partial charge in [0, 0.05) is 16.1 Å². The Morgan fingerprint density at radius 2 is 2.19 bits per heavy atom. The van der Waals surface area contributed by atoms with E-state index in [-0.39, 0.29) is 5.69 Å². The first kappa shape index (κ1) is 12.7. The normalized spacial score (nSPS) is 10.9. The number of nitro benzene ring substituents is 1. The van der Waals surface area contributed by atoms with E-state index in [1.54, 1.807) is 26.0 Å². The van der Waals surface area contributed by atoms with Crippen LogP contribution in [0.1, 0.15) is 19.4 Å². The predicted octanol–water partition coefficient (Wildman–Crippen LogP) is 3.45. The Morgan fingerprint density at radius 1 is 1.56 bits per heavy atom. The molecule has 0 radical (unpaired) electrons. The fourth-order valence-electron chi connectivity index (χ4n) is 1.37. The Labute approximate surface area is 102 Å². The number of nitro groups is 1. The SMILES string of the molecule is CC(C)(C#N)Cc1ccc(Br)cc1[N+](=O)[O-]. The molecule has 0 aliphatic heterocycles. The number of rotatable bonds is 3. The van der Waals surface area contributed by atoms with Crippen LogP contribution in [0, 0.1) is 26.9 Å². The molecule has 0 saturated carbocycles. The van der Waals surface area contributed by atoms with Gasteiger partial charge < -0.3 is 0 Å². The minimum absolute atomic E-state index is 0.0534. The molecular weight excluding hydrogens is 272 g/mol. The fourth-order valence-corrected chi connectivity index (χ4v) is 1.72. The molecule has 0 bridgehead atoms. The third-order valence-corrected chi connectivity index (χ3v) is 2.67. The van der Waals surface area contributed by atoms with E-state index < -0.39 is 10.3 Å². The number of nitriles is 1.